The smallest absolute Gasteiger partial charge is 0.232 e. The average molecular weight is 293 g/mol. The maximum Gasteiger partial charge on any atom is 0.232 e. The summed E-state index contributed by atoms with van der Waals surface area (Å²) in [5, 5.41) is 0. The van der Waals surface area contributed by atoms with Crippen LogP contribution in [0, 0.1) is 5.92 Å². The SMILES string of the molecule is COc1ccc(CSCC(=O)N2CCC[C@H](C)C2)cc1. The van der Waals surface area contributed by atoms with E-state index in [1.807, 2.05) is 17.0 Å². The Morgan fingerprint density at radius 2 is 2.15 bits per heavy atom. The Labute approximate surface area is 125 Å². The van der Waals surface area contributed by atoms with Gasteiger partial charge in [0.05, 0.1) is 12.9 Å². The first-order chi connectivity index (χ1) is 9.69. The molecule has 2 rings (SSSR count). The van der Waals surface area contributed by atoms with Gasteiger partial charge in [-0.25, -0.2) is 0 Å². The van der Waals surface area contributed by atoms with Gasteiger partial charge in [0.1, 0.15) is 5.75 Å². The fraction of sp³-hybridized carbons (Fsp3) is 0.562. The summed E-state index contributed by atoms with van der Waals surface area (Å²) in [7, 11) is 1.67. The number of methoxy groups -OCH3 is 1. The van der Waals surface area contributed by atoms with E-state index in [-0.39, 0.29) is 5.91 Å². The Kier molecular flexibility index (Phi) is 5.77. The van der Waals surface area contributed by atoms with Crippen LogP contribution in [0.3, 0.4) is 0 Å². The molecule has 4 heteroatoms. The third-order valence-electron chi connectivity index (χ3n) is 3.66. The molecule has 1 aliphatic rings. The van der Waals surface area contributed by atoms with Crippen molar-refractivity contribution in [2.45, 2.75) is 25.5 Å². The third kappa shape index (κ3) is 4.44. The van der Waals surface area contributed by atoms with E-state index in [9.17, 15) is 4.79 Å². The van der Waals surface area contributed by atoms with Gasteiger partial charge in [-0.15, -0.1) is 11.8 Å². The maximum absolute atomic E-state index is 12.1. The quantitative estimate of drug-likeness (QED) is 0.835. The molecule has 0 aromatic heterocycles. The van der Waals surface area contributed by atoms with Crippen molar-refractivity contribution >= 4 is 17.7 Å². The third-order valence-corrected chi connectivity index (χ3v) is 4.65. The van der Waals surface area contributed by atoms with E-state index in [1.54, 1.807) is 18.9 Å². The Bertz CT molecular complexity index is 433. The molecule has 1 saturated heterocycles. The Hall–Kier alpha value is -1.16. The lowest BCUT2D eigenvalue weighted by Crippen LogP contribution is -2.40. The summed E-state index contributed by atoms with van der Waals surface area (Å²) in [6.07, 6.45) is 2.40. The van der Waals surface area contributed by atoms with E-state index in [2.05, 4.69) is 19.1 Å². The van der Waals surface area contributed by atoms with Gasteiger partial charge in [-0.2, -0.15) is 0 Å². The highest BCUT2D eigenvalue weighted by Gasteiger charge is 2.20. The Balaban J connectivity index is 1.73. The molecule has 1 amide bonds. The second-order valence-corrected chi connectivity index (χ2v) is 6.41. The Morgan fingerprint density at radius 3 is 2.80 bits per heavy atom. The van der Waals surface area contributed by atoms with Crippen LogP contribution in [0.1, 0.15) is 25.3 Å². The van der Waals surface area contributed by atoms with Crippen LogP contribution < -0.4 is 4.74 Å². The van der Waals surface area contributed by atoms with Gasteiger partial charge in [0.15, 0.2) is 0 Å². The molecule has 3 nitrogen and oxygen atoms in total. The molecule has 0 aliphatic carbocycles. The van der Waals surface area contributed by atoms with Crippen molar-refractivity contribution in [2.75, 3.05) is 26.0 Å². The van der Waals surface area contributed by atoms with Gasteiger partial charge in [-0.05, 0) is 36.5 Å². The number of ether oxygens (including phenoxy) is 1. The van der Waals surface area contributed by atoms with Crippen molar-refractivity contribution in [1.82, 2.24) is 4.90 Å². The van der Waals surface area contributed by atoms with Crippen molar-refractivity contribution < 1.29 is 9.53 Å². The lowest BCUT2D eigenvalue weighted by Gasteiger charge is -2.30. The maximum atomic E-state index is 12.1. The van der Waals surface area contributed by atoms with Crippen LogP contribution >= 0.6 is 11.8 Å². The van der Waals surface area contributed by atoms with Crippen LogP contribution in [-0.2, 0) is 10.5 Å². The largest absolute Gasteiger partial charge is 0.497 e. The number of thioether (sulfide) groups is 1. The summed E-state index contributed by atoms with van der Waals surface area (Å²) in [5.41, 5.74) is 1.23. The van der Waals surface area contributed by atoms with E-state index >= 15 is 0 Å². The number of rotatable bonds is 5. The predicted octanol–water partition coefficient (Wildman–Crippen LogP) is 3.19. The minimum Gasteiger partial charge on any atom is -0.497 e. The number of carbonyl (C=O) groups excluding carboxylic acids is 1. The monoisotopic (exact) mass is 293 g/mol. The van der Waals surface area contributed by atoms with Crippen LogP contribution in [0.2, 0.25) is 0 Å². The number of hydrogen-bond donors (Lipinski definition) is 0. The first-order valence-corrected chi connectivity index (χ1v) is 8.33. The fourth-order valence-electron chi connectivity index (χ4n) is 2.49. The molecule has 1 fully saturated rings. The molecule has 1 heterocycles. The van der Waals surface area contributed by atoms with E-state index in [0.29, 0.717) is 11.7 Å². The van der Waals surface area contributed by atoms with Gasteiger partial charge in [0, 0.05) is 18.8 Å². The molecule has 0 bridgehead atoms. The highest BCUT2D eigenvalue weighted by molar-refractivity contribution is 7.99. The van der Waals surface area contributed by atoms with Gasteiger partial charge in [-0.3, -0.25) is 4.79 Å². The zero-order valence-corrected chi connectivity index (χ0v) is 13.1. The van der Waals surface area contributed by atoms with Crippen molar-refractivity contribution in [2.24, 2.45) is 5.92 Å². The molecule has 20 heavy (non-hydrogen) atoms. The van der Waals surface area contributed by atoms with Crippen molar-refractivity contribution in [3.63, 3.8) is 0 Å². The molecular formula is C16H23NO2S. The van der Waals surface area contributed by atoms with Crippen molar-refractivity contribution in [3.8, 4) is 5.75 Å². The number of likely N-dealkylation sites (tertiary alicyclic amines) is 1. The highest BCUT2D eigenvalue weighted by atomic mass is 32.2. The van der Waals surface area contributed by atoms with Gasteiger partial charge in [0.2, 0.25) is 5.91 Å². The number of nitrogens with zero attached hydrogens (tertiary/aromatic N) is 1. The molecule has 110 valence electrons. The zero-order chi connectivity index (χ0) is 14.4. The van der Waals surface area contributed by atoms with Crippen LogP contribution in [-0.4, -0.2) is 36.8 Å². The molecule has 0 spiro atoms. The lowest BCUT2D eigenvalue weighted by atomic mass is 10.0. The van der Waals surface area contributed by atoms with Crippen LogP contribution in [0.4, 0.5) is 0 Å². The molecule has 0 N–H and O–H groups in total. The lowest BCUT2D eigenvalue weighted by molar-refractivity contribution is -0.130. The summed E-state index contributed by atoms with van der Waals surface area (Å²) >= 11 is 1.69. The summed E-state index contributed by atoms with van der Waals surface area (Å²) in [5.74, 6) is 3.27. The van der Waals surface area contributed by atoms with Crippen molar-refractivity contribution in [1.29, 1.82) is 0 Å². The van der Waals surface area contributed by atoms with E-state index in [4.69, 9.17) is 4.74 Å². The summed E-state index contributed by atoms with van der Waals surface area (Å²) in [4.78, 5) is 14.1. The fourth-order valence-corrected chi connectivity index (χ4v) is 3.37. The molecule has 0 unspecified atom stereocenters. The second kappa shape index (κ2) is 7.58. The number of carbonyl (C=O) groups is 1. The first-order valence-electron chi connectivity index (χ1n) is 7.17. The van der Waals surface area contributed by atoms with Gasteiger partial charge >= 0.3 is 0 Å². The predicted molar refractivity (Wildman–Crippen MR) is 84.1 cm³/mol. The molecule has 0 radical (unpaired) electrons. The highest BCUT2D eigenvalue weighted by Crippen LogP contribution is 2.19. The number of piperidine rings is 1. The normalized spacial score (nSPS) is 18.9. The molecule has 1 aromatic carbocycles. The zero-order valence-electron chi connectivity index (χ0n) is 12.3. The Morgan fingerprint density at radius 1 is 1.40 bits per heavy atom. The topological polar surface area (TPSA) is 29.5 Å². The number of amides is 1. The minimum absolute atomic E-state index is 0.287. The van der Waals surface area contributed by atoms with Gasteiger partial charge < -0.3 is 9.64 Å². The van der Waals surface area contributed by atoms with E-state index < -0.39 is 0 Å². The van der Waals surface area contributed by atoms with Crippen LogP contribution in [0.15, 0.2) is 24.3 Å². The van der Waals surface area contributed by atoms with Gasteiger partial charge in [-0.1, -0.05) is 19.1 Å². The standard InChI is InChI=1S/C16H23NO2S/c1-13-4-3-9-17(10-13)16(18)12-20-11-14-5-7-15(19-2)8-6-14/h5-8,13H,3-4,9-12H2,1-2H3/t13-/m0/s1. The molecule has 1 aliphatic heterocycles. The molecule has 1 aromatic rings. The van der Waals surface area contributed by atoms with E-state index in [0.717, 1.165) is 31.0 Å². The summed E-state index contributed by atoms with van der Waals surface area (Å²) in [6.45, 7) is 4.10. The average Bonchev–Trinajstić information content (AvgIpc) is 2.48. The van der Waals surface area contributed by atoms with Crippen LogP contribution in [0.5, 0.6) is 5.75 Å². The molecule has 0 saturated carbocycles. The second-order valence-electron chi connectivity index (χ2n) is 5.43. The van der Waals surface area contributed by atoms with Crippen LogP contribution in [0.25, 0.3) is 0 Å². The minimum atomic E-state index is 0.287. The molecular weight excluding hydrogens is 270 g/mol. The number of benzene rings is 1. The van der Waals surface area contributed by atoms with E-state index in [1.165, 1.54) is 12.0 Å². The van der Waals surface area contributed by atoms with Gasteiger partial charge in [0.25, 0.3) is 0 Å². The summed E-state index contributed by atoms with van der Waals surface area (Å²) in [6, 6.07) is 8.03. The van der Waals surface area contributed by atoms with Crippen molar-refractivity contribution in [3.05, 3.63) is 29.8 Å². The number of hydrogen-bond acceptors (Lipinski definition) is 3. The summed E-state index contributed by atoms with van der Waals surface area (Å²) < 4.78 is 5.13. The first kappa shape index (κ1) is 15.2. The molecule has 1 atom stereocenters.